The maximum atomic E-state index is 12.8. The Hall–Kier alpha value is -3.92. The summed E-state index contributed by atoms with van der Waals surface area (Å²) in [6.07, 6.45) is 3.32. The molecule has 38 heavy (non-hydrogen) atoms. The first-order chi connectivity index (χ1) is 18.5. The van der Waals surface area contributed by atoms with Crippen LogP contribution in [0.25, 0.3) is 11.6 Å². The zero-order valence-corrected chi connectivity index (χ0v) is 21.3. The van der Waals surface area contributed by atoms with Crippen molar-refractivity contribution in [3.8, 4) is 0 Å². The maximum Gasteiger partial charge on any atom is 0.431 e. The Kier molecular flexibility index (Phi) is 6.71. The molecular formula is C28H26ClN5O4. The highest BCUT2D eigenvalue weighted by Crippen LogP contribution is 2.34. The summed E-state index contributed by atoms with van der Waals surface area (Å²) in [5.74, 6) is -0.165. The number of benzene rings is 2. The molecule has 3 aromatic rings. The first kappa shape index (κ1) is 24.4. The minimum absolute atomic E-state index is 0.0934. The highest BCUT2D eigenvalue weighted by atomic mass is 35.5. The number of nitrogens with zero attached hydrogens (tertiary/aromatic N) is 3. The SMILES string of the molecule is O=C1Nc2ccc(CN3N=C(c4ccc(Cl)cc4)COC3=O)cc2/C1=C/c1cc(CN2CCOCC2)c[nH]1. The van der Waals surface area contributed by atoms with Gasteiger partial charge in [0, 0.05) is 53.4 Å². The number of cyclic esters (lactones) is 1. The van der Waals surface area contributed by atoms with E-state index in [9.17, 15) is 9.59 Å². The van der Waals surface area contributed by atoms with Crippen molar-refractivity contribution >= 4 is 46.6 Å². The van der Waals surface area contributed by atoms with Crippen molar-refractivity contribution in [2.24, 2.45) is 5.10 Å². The first-order valence-corrected chi connectivity index (χ1v) is 12.8. The molecule has 9 nitrogen and oxygen atoms in total. The summed E-state index contributed by atoms with van der Waals surface area (Å²) in [6.45, 7) is 4.46. The molecule has 6 rings (SSSR count). The Morgan fingerprint density at radius 3 is 2.63 bits per heavy atom. The van der Waals surface area contributed by atoms with Gasteiger partial charge in [0.05, 0.1) is 25.3 Å². The van der Waals surface area contributed by atoms with Crippen LogP contribution in [-0.2, 0) is 27.4 Å². The molecule has 0 unspecified atom stereocenters. The van der Waals surface area contributed by atoms with Crippen molar-refractivity contribution in [2.45, 2.75) is 13.1 Å². The van der Waals surface area contributed by atoms with Crippen LogP contribution in [0.3, 0.4) is 0 Å². The van der Waals surface area contributed by atoms with E-state index in [-0.39, 0.29) is 19.1 Å². The molecule has 3 aliphatic rings. The third kappa shape index (κ3) is 5.22. The maximum absolute atomic E-state index is 12.8. The summed E-state index contributed by atoms with van der Waals surface area (Å²) in [5.41, 5.74) is 6.38. The Balaban J connectivity index is 1.21. The second-order valence-corrected chi connectivity index (χ2v) is 9.85. The molecule has 0 atom stereocenters. The number of hydrogen-bond acceptors (Lipinski definition) is 6. The van der Waals surface area contributed by atoms with Crippen LogP contribution in [0.2, 0.25) is 5.02 Å². The molecular weight excluding hydrogens is 506 g/mol. The summed E-state index contributed by atoms with van der Waals surface area (Å²) >= 11 is 5.99. The number of morpholine rings is 1. The monoisotopic (exact) mass is 531 g/mol. The predicted octanol–water partition coefficient (Wildman–Crippen LogP) is 4.35. The number of H-pyrrole nitrogens is 1. The zero-order valence-electron chi connectivity index (χ0n) is 20.6. The summed E-state index contributed by atoms with van der Waals surface area (Å²) in [6, 6.07) is 14.9. The number of fused-ring (bicyclic) bond motifs is 1. The van der Waals surface area contributed by atoms with E-state index >= 15 is 0 Å². The van der Waals surface area contributed by atoms with E-state index in [1.807, 2.05) is 42.6 Å². The van der Waals surface area contributed by atoms with Gasteiger partial charge in [-0.2, -0.15) is 10.1 Å². The number of carbonyl (C=O) groups excluding carboxylic acids is 2. The molecule has 0 aliphatic carbocycles. The van der Waals surface area contributed by atoms with E-state index in [0.717, 1.165) is 66.5 Å². The minimum atomic E-state index is -0.521. The Morgan fingerprint density at radius 1 is 1.00 bits per heavy atom. The number of amides is 2. The lowest BCUT2D eigenvalue weighted by Gasteiger charge is -2.25. The van der Waals surface area contributed by atoms with E-state index in [1.165, 1.54) is 5.01 Å². The van der Waals surface area contributed by atoms with E-state index in [0.29, 0.717) is 16.3 Å². The molecule has 194 valence electrons. The third-order valence-electron chi connectivity index (χ3n) is 6.74. The number of carbonyl (C=O) groups is 2. The lowest BCUT2D eigenvalue weighted by Crippen LogP contribution is -2.35. The van der Waals surface area contributed by atoms with Gasteiger partial charge >= 0.3 is 6.09 Å². The number of anilines is 1. The lowest BCUT2D eigenvalue weighted by molar-refractivity contribution is -0.110. The molecule has 2 aromatic carbocycles. The van der Waals surface area contributed by atoms with Crippen LogP contribution in [0.1, 0.15) is 27.9 Å². The molecule has 4 heterocycles. The Labute approximate surface area is 224 Å². The van der Waals surface area contributed by atoms with Crippen LogP contribution in [0.5, 0.6) is 0 Å². The number of hydrogen-bond donors (Lipinski definition) is 2. The first-order valence-electron chi connectivity index (χ1n) is 12.4. The molecule has 0 radical (unpaired) electrons. The van der Waals surface area contributed by atoms with Crippen molar-refractivity contribution in [2.75, 3.05) is 38.2 Å². The molecule has 10 heteroatoms. The number of ether oxygens (including phenoxy) is 2. The standard InChI is InChI=1S/C28H26ClN5O4/c29-21-4-2-20(3-5-21)26-17-38-28(36)34(32-26)16-18-1-6-25-23(12-18)24(27(35)31-25)13-22-11-19(14-30-22)15-33-7-9-37-10-8-33/h1-6,11-14,30H,7-10,15-17H2,(H,31,35)/b24-13-. The van der Waals surface area contributed by atoms with Crippen molar-refractivity contribution < 1.29 is 19.1 Å². The molecule has 3 aliphatic heterocycles. The van der Waals surface area contributed by atoms with Crippen molar-refractivity contribution in [3.05, 3.63) is 87.7 Å². The van der Waals surface area contributed by atoms with Gasteiger partial charge in [-0.25, -0.2) is 4.79 Å². The zero-order chi connectivity index (χ0) is 26.1. The van der Waals surface area contributed by atoms with Crippen LogP contribution < -0.4 is 5.32 Å². The molecule has 2 N–H and O–H groups in total. The average molecular weight is 532 g/mol. The number of hydrazone groups is 1. The summed E-state index contributed by atoms with van der Waals surface area (Å²) < 4.78 is 10.8. The molecule has 1 aromatic heterocycles. The second-order valence-electron chi connectivity index (χ2n) is 9.41. The second kappa shape index (κ2) is 10.4. The fourth-order valence-corrected chi connectivity index (χ4v) is 4.89. The molecule has 0 spiro atoms. The third-order valence-corrected chi connectivity index (χ3v) is 6.99. The van der Waals surface area contributed by atoms with Gasteiger partial charge in [-0.05, 0) is 47.5 Å². The summed E-state index contributed by atoms with van der Waals surface area (Å²) in [5, 5.41) is 9.37. The van der Waals surface area contributed by atoms with E-state index in [4.69, 9.17) is 21.1 Å². The summed E-state index contributed by atoms with van der Waals surface area (Å²) in [4.78, 5) is 30.9. The highest BCUT2D eigenvalue weighted by molar-refractivity contribution is 6.34. The molecule has 0 saturated carbocycles. The van der Waals surface area contributed by atoms with Gasteiger partial charge in [0.2, 0.25) is 0 Å². The number of nitrogens with one attached hydrogen (secondary N) is 2. The largest absolute Gasteiger partial charge is 0.442 e. The van der Waals surface area contributed by atoms with Gasteiger partial charge in [-0.1, -0.05) is 29.8 Å². The van der Waals surface area contributed by atoms with Crippen LogP contribution in [-0.4, -0.2) is 65.5 Å². The van der Waals surface area contributed by atoms with E-state index < -0.39 is 6.09 Å². The van der Waals surface area contributed by atoms with Gasteiger partial charge in [0.15, 0.2) is 0 Å². The Bertz CT molecular complexity index is 1440. The summed E-state index contributed by atoms with van der Waals surface area (Å²) in [7, 11) is 0. The topological polar surface area (TPSA) is 99.3 Å². The molecule has 1 fully saturated rings. The highest BCUT2D eigenvalue weighted by Gasteiger charge is 2.27. The van der Waals surface area contributed by atoms with Gasteiger partial charge in [-0.15, -0.1) is 0 Å². The van der Waals surface area contributed by atoms with Gasteiger partial charge < -0.3 is 19.8 Å². The van der Waals surface area contributed by atoms with Crippen molar-refractivity contribution in [1.82, 2.24) is 14.9 Å². The van der Waals surface area contributed by atoms with Gasteiger partial charge in [0.1, 0.15) is 12.3 Å². The molecule has 2 amide bonds. The van der Waals surface area contributed by atoms with Crippen LogP contribution >= 0.6 is 11.6 Å². The predicted molar refractivity (Wildman–Crippen MR) is 145 cm³/mol. The minimum Gasteiger partial charge on any atom is -0.442 e. The average Bonchev–Trinajstić information content (AvgIpc) is 3.50. The van der Waals surface area contributed by atoms with Crippen LogP contribution in [0.4, 0.5) is 10.5 Å². The fraction of sp³-hybridized carbons (Fsp3) is 0.250. The van der Waals surface area contributed by atoms with Gasteiger partial charge in [0.25, 0.3) is 5.91 Å². The normalized spacial score (nSPS) is 18.8. The fourth-order valence-electron chi connectivity index (χ4n) is 4.76. The molecule has 1 saturated heterocycles. The quantitative estimate of drug-likeness (QED) is 0.461. The van der Waals surface area contributed by atoms with Crippen LogP contribution in [0.15, 0.2) is 59.8 Å². The number of aromatic nitrogens is 1. The van der Waals surface area contributed by atoms with E-state index in [2.05, 4.69) is 26.4 Å². The Morgan fingerprint density at radius 2 is 1.82 bits per heavy atom. The van der Waals surface area contributed by atoms with Crippen molar-refractivity contribution in [3.63, 3.8) is 0 Å². The number of halogens is 1. The van der Waals surface area contributed by atoms with E-state index in [1.54, 1.807) is 12.1 Å². The smallest absolute Gasteiger partial charge is 0.431 e. The number of rotatable bonds is 6. The van der Waals surface area contributed by atoms with Gasteiger partial charge in [-0.3, -0.25) is 9.69 Å². The van der Waals surface area contributed by atoms with Crippen LogP contribution in [0, 0.1) is 0 Å². The molecule has 0 bridgehead atoms. The number of aromatic amines is 1. The van der Waals surface area contributed by atoms with Crippen molar-refractivity contribution in [1.29, 1.82) is 0 Å². The lowest BCUT2D eigenvalue weighted by atomic mass is 10.0.